The Morgan fingerprint density at radius 2 is 2.33 bits per heavy atom. The highest BCUT2D eigenvalue weighted by Crippen LogP contribution is 2.15. The van der Waals surface area contributed by atoms with Crippen molar-refractivity contribution in [3.05, 3.63) is 53.7 Å². The summed E-state index contributed by atoms with van der Waals surface area (Å²) in [6.45, 7) is 1.96. The Bertz CT molecular complexity index is 459. The van der Waals surface area contributed by atoms with Crippen molar-refractivity contribution in [3.63, 3.8) is 0 Å². The first-order valence-corrected chi connectivity index (χ1v) is 4.84. The van der Waals surface area contributed by atoms with Crippen LogP contribution in [0.25, 0.3) is 0 Å². The first-order chi connectivity index (χ1) is 7.33. The number of carbonyl (C=O) groups excluding carboxylic acids is 1. The summed E-state index contributed by atoms with van der Waals surface area (Å²) >= 11 is 0. The van der Waals surface area contributed by atoms with Gasteiger partial charge < -0.3 is 4.42 Å². The van der Waals surface area contributed by atoms with Crippen molar-refractivity contribution in [2.75, 3.05) is 0 Å². The van der Waals surface area contributed by atoms with Crippen molar-refractivity contribution in [2.24, 2.45) is 0 Å². The molecular formula is C12H11NO2. The molecule has 0 unspecified atom stereocenters. The quantitative estimate of drug-likeness (QED) is 0.716. The number of aryl methyl sites for hydroxylation is 1. The predicted octanol–water partition coefficient (Wildman–Crippen LogP) is 2.47. The van der Waals surface area contributed by atoms with Gasteiger partial charge in [0.15, 0.2) is 5.78 Å². The first-order valence-electron chi connectivity index (χ1n) is 4.84. The van der Waals surface area contributed by atoms with E-state index in [4.69, 9.17) is 4.42 Å². The summed E-state index contributed by atoms with van der Waals surface area (Å²) in [5.41, 5.74) is 1.22. The third-order valence-electron chi connectivity index (χ3n) is 2.23. The van der Waals surface area contributed by atoms with Gasteiger partial charge in [0.25, 0.3) is 0 Å². The van der Waals surface area contributed by atoms with Gasteiger partial charge in [0, 0.05) is 24.4 Å². The molecule has 3 heteroatoms. The molecule has 0 saturated carbocycles. The summed E-state index contributed by atoms with van der Waals surface area (Å²) in [7, 11) is 0. The number of aromatic nitrogens is 1. The standard InChI is InChI=1S/C12H11NO2/c1-2-11-10(5-7-15-11)12(14)9-4-3-6-13-8-9/h3-8H,2H2,1H3. The maximum atomic E-state index is 12.0. The minimum Gasteiger partial charge on any atom is -0.469 e. The van der Waals surface area contributed by atoms with Gasteiger partial charge in [-0.1, -0.05) is 6.92 Å². The topological polar surface area (TPSA) is 43.1 Å². The van der Waals surface area contributed by atoms with Crippen molar-refractivity contribution in [3.8, 4) is 0 Å². The van der Waals surface area contributed by atoms with E-state index in [1.165, 1.54) is 0 Å². The molecule has 15 heavy (non-hydrogen) atoms. The Hall–Kier alpha value is -1.90. The van der Waals surface area contributed by atoms with Crippen LogP contribution in [0.5, 0.6) is 0 Å². The normalized spacial score (nSPS) is 10.2. The van der Waals surface area contributed by atoms with E-state index in [2.05, 4.69) is 4.98 Å². The average molecular weight is 201 g/mol. The lowest BCUT2D eigenvalue weighted by atomic mass is 10.1. The molecule has 0 radical (unpaired) electrons. The monoisotopic (exact) mass is 201 g/mol. The summed E-state index contributed by atoms with van der Waals surface area (Å²) in [5.74, 6) is 0.692. The molecule has 0 amide bonds. The molecule has 0 atom stereocenters. The molecule has 0 aromatic carbocycles. The molecule has 2 heterocycles. The number of nitrogens with zero attached hydrogens (tertiary/aromatic N) is 1. The zero-order valence-electron chi connectivity index (χ0n) is 8.43. The van der Waals surface area contributed by atoms with Crippen molar-refractivity contribution in [2.45, 2.75) is 13.3 Å². The van der Waals surface area contributed by atoms with Gasteiger partial charge in [-0.15, -0.1) is 0 Å². The van der Waals surface area contributed by atoms with Gasteiger partial charge in [0.2, 0.25) is 0 Å². The third-order valence-corrected chi connectivity index (χ3v) is 2.23. The molecule has 0 aliphatic carbocycles. The molecule has 0 N–H and O–H groups in total. The third kappa shape index (κ3) is 1.81. The molecule has 0 bridgehead atoms. The van der Waals surface area contributed by atoms with Crippen molar-refractivity contribution in [1.82, 2.24) is 4.98 Å². The second kappa shape index (κ2) is 4.09. The van der Waals surface area contributed by atoms with Gasteiger partial charge >= 0.3 is 0 Å². The number of rotatable bonds is 3. The van der Waals surface area contributed by atoms with Crippen LogP contribution in [0.1, 0.15) is 28.6 Å². The summed E-state index contributed by atoms with van der Waals surface area (Å²) in [4.78, 5) is 15.9. The zero-order chi connectivity index (χ0) is 10.7. The second-order valence-corrected chi connectivity index (χ2v) is 3.18. The van der Waals surface area contributed by atoms with E-state index in [1.807, 2.05) is 6.92 Å². The fourth-order valence-electron chi connectivity index (χ4n) is 1.47. The molecule has 3 nitrogen and oxygen atoms in total. The van der Waals surface area contributed by atoms with Gasteiger partial charge in [-0.3, -0.25) is 9.78 Å². The minimum absolute atomic E-state index is 0.0336. The molecule has 0 spiro atoms. The molecule has 0 saturated heterocycles. The zero-order valence-corrected chi connectivity index (χ0v) is 8.43. The van der Waals surface area contributed by atoms with Crippen LogP contribution in [-0.2, 0) is 6.42 Å². The van der Waals surface area contributed by atoms with Crippen LogP contribution < -0.4 is 0 Å². The van der Waals surface area contributed by atoms with Crippen LogP contribution in [0.15, 0.2) is 41.3 Å². The second-order valence-electron chi connectivity index (χ2n) is 3.18. The van der Waals surface area contributed by atoms with Crippen LogP contribution in [0.3, 0.4) is 0 Å². The van der Waals surface area contributed by atoms with Gasteiger partial charge in [-0.05, 0) is 18.2 Å². The number of pyridine rings is 1. The van der Waals surface area contributed by atoms with E-state index in [1.54, 1.807) is 36.9 Å². The summed E-state index contributed by atoms with van der Waals surface area (Å²) in [6.07, 6.45) is 5.47. The van der Waals surface area contributed by atoms with Gasteiger partial charge in [-0.2, -0.15) is 0 Å². The number of hydrogen-bond donors (Lipinski definition) is 0. The van der Waals surface area contributed by atoms with E-state index in [9.17, 15) is 4.79 Å². The van der Waals surface area contributed by atoms with E-state index in [-0.39, 0.29) is 5.78 Å². The summed E-state index contributed by atoms with van der Waals surface area (Å²) in [6, 6.07) is 5.20. The number of carbonyl (C=O) groups is 1. The van der Waals surface area contributed by atoms with Crippen LogP contribution in [0, 0.1) is 0 Å². The van der Waals surface area contributed by atoms with Crippen molar-refractivity contribution < 1.29 is 9.21 Å². The number of hydrogen-bond acceptors (Lipinski definition) is 3. The highest BCUT2D eigenvalue weighted by molar-refractivity contribution is 6.09. The lowest BCUT2D eigenvalue weighted by Gasteiger charge is -1.99. The lowest BCUT2D eigenvalue weighted by molar-refractivity contribution is 0.103. The van der Waals surface area contributed by atoms with E-state index >= 15 is 0 Å². The fourth-order valence-corrected chi connectivity index (χ4v) is 1.47. The Balaban J connectivity index is 2.37. The molecule has 0 aliphatic heterocycles. The Kier molecular flexibility index (Phi) is 2.63. The molecule has 76 valence electrons. The van der Waals surface area contributed by atoms with E-state index < -0.39 is 0 Å². The Morgan fingerprint density at radius 1 is 1.47 bits per heavy atom. The minimum atomic E-state index is -0.0336. The molecule has 2 aromatic heterocycles. The molecule has 0 fully saturated rings. The van der Waals surface area contributed by atoms with Gasteiger partial charge in [-0.25, -0.2) is 0 Å². The SMILES string of the molecule is CCc1occc1C(=O)c1cccnc1. The lowest BCUT2D eigenvalue weighted by Crippen LogP contribution is -2.02. The molecule has 2 rings (SSSR count). The van der Waals surface area contributed by atoms with Crippen LogP contribution >= 0.6 is 0 Å². The maximum absolute atomic E-state index is 12.0. The van der Waals surface area contributed by atoms with Gasteiger partial charge in [0.05, 0.1) is 11.8 Å². The number of furan rings is 1. The van der Waals surface area contributed by atoms with E-state index in [0.717, 1.165) is 5.76 Å². The highest BCUT2D eigenvalue weighted by atomic mass is 16.3. The smallest absolute Gasteiger partial charge is 0.198 e. The average Bonchev–Trinajstić information content (AvgIpc) is 2.77. The number of ketones is 1. The fraction of sp³-hybridized carbons (Fsp3) is 0.167. The maximum Gasteiger partial charge on any atom is 0.198 e. The van der Waals surface area contributed by atoms with Crippen molar-refractivity contribution >= 4 is 5.78 Å². The van der Waals surface area contributed by atoms with Crippen LogP contribution in [0.2, 0.25) is 0 Å². The summed E-state index contributed by atoms with van der Waals surface area (Å²) < 4.78 is 5.22. The van der Waals surface area contributed by atoms with Crippen LogP contribution in [0.4, 0.5) is 0 Å². The highest BCUT2D eigenvalue weighted by Gasteiger charge is 2.14. The van der Waals surface area contributed by atoms with E-state index in [0.29, 0.717) is 17.5 Å². The Morgan fingerprint density at radius 3 is 3.00 bits per heavy atom. The van der Waals surface area contributed by atoms with Crippen LogP contribution in [-0.4, -0.2) is 10.8 Å². The van der Waals surface area contributed by atoms with Gasteiger partial charge in [0.1, 0.15) is 5.76 Å². The predicted molar refractivity (Wildman–Crippen MR) is 55.8 cm³/mol. The molecule has 2 aromatic rings. The molecule has 0 aliphatic rings. The molecular weight excluding hydrogens is 190 g/mol. The first kappa shape index (κ1) is 9.65. The van der Waals surface area contributed by atoms with Crippen molar-refractivity contribution in [1.29, 1.82) is 0 Å². The largest absolute Gasteiger partial charge is 0.469 e. The Labute approximate surface area is 87.8 Å². The summed E-state index contributed by atoms with van der Waals surface area (Å²) in [5, 5.41) is 0.